The molecule has 1 aliphatic heterocycles. The first-order valence-corrected chi connectivity index (χ1v) is 5.77. The highest BCUT2D eigenvalue weighted by Crippen LogP contribution is 2.36. The number of carbonyl (C=O) groups excluding carboxylic acids is 1. The number of hydrogen-bond donors (Lipinski definition) is 1. The molecule has 0 unspecified atom stereocenters. The first-order valence-electron chi connectivity index (χ1n) is 5.77. The summed E-state index contributed by atoms with van der Waals surface area (Å²) in [5.41, 5.74) is -1.12. The van der Waals surface area contributed by atoms with Crippen LogP contribution < -0.4 is 0 Å². The second kappa shape index (κ2) is 4.90. The van der Waals surface area contributed by atoms with Crippen LogP contribution in [0.3, 0.4) is 0 Å². The zero-order chi connectivity index (χ0) is 15.0. The minimum absolute atomic E-state index is 0.0788. The number of halogens is 3. The van der Waals surface area contributed by atoms with Crippen LogP contribution >= 0.6 is 0 Å². The predicted molar refractivity (Wildman–Crippen MR) is 60.6 cm³/mol. The number of amides is 2. The van der Waals surface area contributed by atoms with Crippen molar-refractivity contribution in [2.75, 3.05) is 26.7 Å². The van der Waals surface area contributed by atoms with Crippen LogP contribution in [0.15, 0.2) is 0 Å². The number of rotatable bonds is 2. The molecule has 0 aromatic carbocycles. The van der Waals surface area contributed by atoms with Gasteiger partial charge in [-0.05, 0) is 12.8 Å². The Bertz CT molecular complexity index is 386. The maximum absolute atomic E-state index is 12.2. The van der Waals surface area contributed by atoms with Crippen molar-refractivity contribution in [1.29, 1.82) is 0 Å². The number of carboxylic acids is 1. The van der Waals surface area contributed by atoms with E-state index in [0.717, 1.165) is 11.9 Å². The maximum Gasteiger partial charge on any atom is 0.406 e. The number of nitrogens with zero attached hydrogens (tertiary/aromatic N) is 2. The van der Waals surface area contributed by atoms with E-state index in [1.807, 2.05) is 0 Å². The number of aliphatic carboxylic acids is 1. The molecule has 1 N–H and O–H groups in total. The van der Waals surface area contributed by atoms with Gasteiger partial charge in [-0.3, -0.25) is 4.79 Å². The highest BCUT2D eigenvalue weighted by molar-refractivity contribution is 5.79. The van der Waals surface area contributed by atoms with Crippen molar-refractivity contribution in [2.24, 2.45) is 11.3 Å². The number of likely N-dealkylation sites (tertiary alicyclic amines) is 1. The second-order valence-electron chi connectivity index (χ2n) is 5.26. The van der Waals surface area contributed by atoms with Gasteiger partial charge in [-0.2, -0.15) is 13.2 Å². The molecule has 8 heteroatoms. The molecule has 1 fully saturated rings. The van der Waals surface area contributed by atoms with Crippen LogP contribution in [-0.2, 0) is 4.79 Å². The monoisotopic (exact) mass is 282 g/mol. The van der Waals surface area contributed by atoms with Crippen molar-refractivity contribution in [1.82, 2.24) is 9.80 Å². The summed E-state index contributed by atoms with van der Waals surface area (Å²) in [6, 6.07) is -0.797. The summed E-state index contributed by atoms with van der Waals surface area (Å²) in [6.07, 6.45) is -4.47. The van der Waals surface area contributed by atoms with E-state index in [9.17, 15) is 22.8 Å². The average Bonchev–Trinajstić information content (AvgIpc) is 2.53. The van der Waals surface area contributed by atoms with Crippen molar-refractivity contribution in [2.45, 2.75) is 20.0 Å². The van der Waals surface area contributed by atoms with Crippen LogP contribution in [0, 0.1) is 11.3 Å². The fourth-order valence-electron chi connectivity index (χ4n) is 2.15. The molecular formula is C11H17F3N2O3. The lowest BCUT2D eigenvalue weighted by molar-refractivity contribution is -0.149. The van der Waals surface area contributed by atoms with E-state index in [4.69, 9.17) is 5.11 Å². The van der Waals surface area contributed by atoms with Gasteiger partial charge in [0.15, 0.2) is 0 Å². The summed E-state index contributed by atoms with van der Waals surface area (Å²) in [5, 5.41) is 9.14. The Morgan fingerprint density at radius 3 is 2.37 bits per heavy atom. The van der Waals surface area contributed by atoms with E-state index in [-0.39, 0.29) is 19.0 Å². The first-order chi connectivity index (χ1) is 8.47. The molecule has 1 aliphatic rings. The molecule has 0 aliphatic carbocycles. The molecule has 0 bridgehead atoms. The van der Waals surface area contributed by atoms with Gasteiger partial charge in [0.05, 0.1) is 5.41 Å². The Morgan fingerprint density at radius 1 is 1.47 bits per heavy atom. The predicted octanol–water partition coefficient (Wildman–Crippen LogP) is 1.64. The van der Waals surface area contributed by atoms with Crippen LogP contribution in [0.25, 0.3) is 0 Å². The van der Waals surface area contributed by atoms with Crippen molar-refractivity contribution in [3.63, 3.8) is 0 Å². The van der Waals surface area contributed by atoms with Crippen LogP contribution in [0.2, 0.25) is 0 Å². The molecule has 5 nitrogen and oxygen atoms in total. The van der Waals surface area contributed by atoms with Crippen molar-refractivity contribution in [3.8, 4) is 0 Å². The number of carbonyl (C=O) groups is 2. The van der Waals surface area contributed by atoms with Crippen LogP contribution in [0.1, 0.15) is 13.8 Å². The van der Waals surface area contributed by atoms with Crippen molar-refractivity contribution < 1.29 is 27.9 Å². The van der Waals surface area contributed by atoms with E-state index in [1.165, 1.54) is 6.92 Å². The smallest absolute Gasteiger partial charge is 0.406 e. The largest absolute Gasteiger partial charge is 0.481 e. The first kappa shape index (κ1) is 15.6. The summed E-state index contributed by atoms with van der Waals surface area (Å²) >= 11 is 0. The fourth-order valence-corrected chi connectivity index (χ4v) is 2.15. The highest BCUT2D eigenvalue weighted by atomic mass is 19.4. The van der Waals surface area contributed by atoms with E-state index >= 15 is 0 Å². The summed E-state index contributed by atoms with van der Waals surface area (Å²) in [6.45, 7) is 1.89. The molecule has 19 heavy (non-hydrogen) atoms. The second-order valence-corrected chi connectivity index (χ2v) is 5.26. The molecular weight excluding hydrogens is 265 g/mol. The van der Waals surface area contributed by atoms with Gasteiger partial charge in [0.25, 0.3) is 0 Å². The van der Waals surface area contributed by atoms with Gasteiger partial charge >= 0.3 is 18.2 Å². The van der Waals surface area contributed by atoms with Crippen LogP contribution in [0.4, 0.5) is 18.0 Å². The molecule has 0 aromatic rings. The molecule has 2 atom stereocenters. The maximum atomic E-state index is 12.2. The standard InChI is InChI=1S/C11H17F3N2O3/c1-7-4-16(5-10(7,2)8(17)18)9(19)15(3)6-11(12,13)14/h7H,4-6H2,1-3H3,(H,17,18)/t7-,10-/m1/s1. The highest BCUT2D eigenvalue weighted by Gasteiger charge is 2.48. The quantitative estimate of drug-likeness (QED) is 0.837. The van der Waals surface area contributed by atoms with Gasteiger partial charge in [0, 0.05) is 20.1 Å². The molecule has 1 heterocycles. The molecule has 0 spiro atoms. The third-order valence-electron chi connectivity index (χ3n) is 3.60. The molecule has 1 rings (SSSR count). The third-order valence-corrected chi connectivity index (χ3v) is 3.60. The Labute approximate surface area is 109 Å². The number of carboxylic acid groups (broad SMARTS) is 1. The summed E-state index contributed by atoms with van der Waals surface area (Å²) in [5.74, 6) is -1.36. The van der Waals surface area contributed by atoms with Gasteiger partial charge < -0.3 is 14.9 Å². The summed E-state index contributed by atoms with van der Waals surface area (Å²) in [7, 11) is 1.05. The van der Waals surface area contributed by atoms with E-state index in [0.29, 0.717) is 4.90 Å². The fraction of sp³-hybridized carbons (Fsp3) is 0.818. The normalized spacial score (nSPS) is 27.5. The van der Waals surface area contributed by atoms with Gasteiger partial charge in [-0.1, -0.05) is 6.92 Å². The van der Waals surface area contributed by atoms with Crippen molar-refractivity contribution in [3.05, 3.63) is 0 Å². The number of alkyl halides is 3. The molecule has 2 amide bonds. The van der Waals surface area contributed by atoms with E-state index in [1.54, 1.807) is 6.92 Å². The SMILES string of the molecule is C[C@@H]1CN(C(=O)N(C)CC(F)(F)F)C[C@@]1(C)C(=O)O. The summed E-state index contributed by atoms with van der Waals surface area (Å²) in [4.78, 5) is 24.7. The summed E-state index contributed by atoms with van der Waals surface area (Å²) < 4.78 is 36.6. The number of hydrogen-bond acceptors (Lipinski definition) is 2. The lowest BCUT2D eigenvalue weighted by Gasteiger charge is -2.26. The average molecular weight is 282 g/mol. The minimum Gasteiger partial charge on any atom is -0.481 e. The Kier molecular flexibility index (Phi) is 4.02. The van der Waals surface area contributed by atoms with Crippen LogP contribution in [0.5, 0.6) is 0 Å². The van der Waals surface area contributed by atoms with Crippen LogP contribution in [-0.4, -0.2) is 59.8 Å². The van der Waals surface area contributed by atoms with E-state index in [2.05, 4.69) is 0 Å². The van der Waals surface area contributed by atoms with Gasteiger partial charge in [-0.25, -0.2) is 4.79 Å². The third kappa shape index (κ3) is 3.30. The Balaban J connectivity index is 2.74. The Hall–Kier alpha value is -1.47. The molecule has 0 aromatic heterocycles. The lowest BCUT2D eigenvalue weighted by atomic mass is 9.81. The molecule has 110 valence electrons. The van der Waals surface area contributed by atoms with E-state index < -0.39 is 30.1 Å². The topological polar surface area (TPSA) is 60.9 Å². The Morgan fingerprint density at radius 2 is 2.00 bits per heavy atom. The molecule has 0 radical (unpaired) electrons. The number of urea groups is 1. The lowest BCUT2D eigenvalue weighted by Crippen LogP contribution is -2.45. The molecule has 1 saturated heterocycles. The molecule has 0 saturated carbocycles. The van der Waals surface area contributed by atoms with Gasteiger partial charge in [0.1, 0.15) is 6.54 Å². The van der Waals surface area contributed by atoms with Gasteiger partial charge in [-0.15, -0.1) is 0 Å². The zero-order valence-corrected chi connectivity index (χ0v) is 11.0. The minimum atomic E-state index is -4.47. The zero-order valence-electron chi connectivity index (χ0n) is 11.0. The van der Waals surface area contributed by atoms with Crippen molar-refractivity contribution >= 4 is 12.0 Å². The van der Waals surface area contributed by atoms with Gasteiger partial charge in [0.2, 0.25) is 0 Å².